The molecule has 3 atom stereocenters. The van der Waals surface area contributed by atoms with Gasteiger partial charge in [-0.15, -0.1) is 0 Å². The zero-order valence-corrected chi connectivity index (χ0v) is 10.4. The Morgan fingerprint density at radius 1 is 1.12 bits per heavy atom. The quantitative estimate of drug-likeness (QED) is 0.802. The van der Waals surface area contributed by atoms with Gasteiger partial charge < -0.3 is 9.84 Å². The molecule has 1 aromatic carbocycles. The van der Waals surface area contributed by atoms with E-state index in [1.165, 1.54) is 5.56 Å². The van der Waals surface area contributed by atoms with Crippen molar-refractivity contribution in [2.45, 2.75) is 33.5 Å². The maximum atomic E-state index is 9.45. The van der Waals surface area contributed by atoms with Gasteiger partial charge in [-0.2, -0.15) is 0 Å². The Bertz CT molecular complexity index is 282. The van der Waals surface area contributed by atoms with Crippen molar-refractivity contribution in [2.24, 2.45) is 11.8 Å². The van der Waals surface area contributed by atoms with Crippen LogP contribution in [0.5, 0.6) is 0 Å². The molecule has 0 aromatic heterocycles. The molecule has 0 amide bonds. The van der Waals surface area contributed by atoms with E-state index in [1.54, 1.807) is 0 Å². The summed E-state index contributed by atoms with van der Waals surface area (Å²) in [5, 5.41) is 9.45. The monoisotopic (exact) mass is 222 g/mol. The second-order valence-electron chi connectivity index (χ2n) is 4.58. The first-order valence-corrected chi connectivity index (χ1v) is 5.91. The smallest absolute Gasteiger partial charge is 0.0717 e. The third kappa shape index (κ3) is 4.33. The fraction of sp³-hybridized carbons (Fsp3) is 0.571. The molecule has 0 bridgehead atoms. The molecule has 1 N–H and O–H groups in total. The molecule has 3 unspecified atom stereocenters. The van der Waals surface area contributed by atoms with Crippen molar-refractivity contribution >= 4 is 0 Å². The topological polar surface area (TPSA) is 29.5 Å². The van der Waals surface area contributed by atoms with Crippen molar-refractivity contribution in [1.29, 1.82) is 0 Å². The predicted octanol–water partition coefficient (Wildman–Crippen LogP) is 2.86. The zero-order valence-electron chi connectivity index (χ0n) is 10.4. The largest absolute Gasteiger partial charge is 0.393 e. The Kier molecular flexibility index (Phi) is 5.50. The van der Waals surface area contributed by atoms with Crippen molar-refractivity contribution < 1.29 is 9.84 Å². The van der Waals surface area contributed by atoms with Crippen LogP contribution in [0.25, 0.3) is 0 Å². The maximum absolute atomic E-state index is 9.45. The molecule has 0 spiro atoms. The summed E-state index contributed by atoms with van der Waals surface area (Å²) in [4.78, 5) is 0. The lowest BCUT2D eigenvalue weighted by Crippen LogP contribution is -2.24. The highest BCUT2D eigenvalue weighted by atomic mass is 16.5. The van der Waals surface area contributed by atoms with E-state index >= 15 is 0 Å². The Morgan fingerprint density at radius 3 is 2.31 bits per heavy atom. The number of rotatable bonds is 6. The van der Waals surface area contributed by atoms with Crippen LogP contribution in [0.2, 0.25) is 0 Å². The molecule has 0 saturated heterocycles. The van der Waals surface area contributed by atoms with Crippen molar-refractivity contribution in [3.05, 3.63) is 35.9 Å². The third-order valence-electron chi connectivity index (χ3n) is 3.15. The van der Waals surface area contributed by atoms with E-state index in [4.69, 9.17) is 4.74 Å². The lowest BCUT2D eigenvalue weighted by molar-refractivity contribution is 0.0358. The second-order valence-corrected chi connectivity index (χ2v) is 4.58. The van der Waals surface area contributed by atoms with Crippen molar-refractivity contribution in [3.8, 4) is 0 Å². The fourth-order valence-corrected chi connectivity index (χ4v) is 1.56. The van der Waals surface area contributed by atoms with Gasteiger partial charge in [0.25, 0.3) is 0 Å². The van der Waals surface area contributed by atoms with Gasteiger partial charge in [-0.25, -0.2) is 0 Å². The molecule has 2 nitrogen and oxygen atoms in total. The van der Waals surface area contributed by atoms with Gasteiger partial charge in [-0.3, -0.25) is 0 Å². The van der Waals surface area contributed by atoms with E-state index < -0.39 is 0 Å². The molecule has 2 heteroatoms. The SMILES string of the molecule is CC(O)C(C)C(C)COCc1ccccc1. The van der Waals surface area contributed by atoms with Crippen LogP contribution in [0.1, 0.15) is 26.3 Å². The minimum absolute atomic E-state index is 0.268. The van der Waals surface area contributed by atoms with Crippen molar-refractivity contribution in [2.75, 3.05) is 6.61 Å². The van der Waals surface area contributed by atoms with Gasteiger partial charge >= 0.3 is 0 Å². The van der Waals surface area contributed by atoms with Gasteiger partial charge in [0, 0.05) is 6.61 Å². The summed E-state index contributed by atoms with van der Waals surface area (Å²) >= 11 is 0. The van der Waals surface area contributed by atoms with Crippen LogP contribution < -0.4 is 0 Å². The van der Waals surface area contributed by atoms with Gasteiger partial charge in [-0.1, -0.05) is 44.2 Å². The molecule has 0 aliphatic heterocycles. The van der Waals surface area contributed by atoms with Crippen LogP contribution in [-0.4, -0.2) is 17.8 Å². The molecule has 1 rings (SSSR count). The van der Waals surface area contributed by atoms with E-state index in [0.29, 0.717) is 19.1 Å². The fourth-order valence-electron chi connectivity index (χ4n) is 1.56. The van der Waals surface area contributed by atoms with Gasteiger partial charge in [0.05, 0.1) is 12.7 Å². The molecular weight excluding hydrogens is 200 g/mol. The predicted molar refractivity (Wildman–Crippen MR) is 66.1 cm³/mol. The Hall–Kier alpha value is -0.860. The molecule has 16 heavy (non-hydrogen) atoms. The maximum Gasteiger partial charge on any atom is 0.0717 e. The summed E-state index contributed by atoms with van der Waals surface area (Å²) in [5.41, 5.74) is 1.19. The van der Waals surface area contributed by atoms with Gasteiger partial charge in [0.2, 0.25) is 0 Å². The first-order chi connectivity index (χ1) is 7.61. The minimum Gasteiger partial charge on any atom is -0.393 e. The number of ether oxygens (including phenoxy) is 1. The summed E-state index contributed by atoms with van der Waals surface area (Å²) in [6.45, 7) is 7.35. The van der Waals surface area contributed by atoms with Crippen LogP contribution in [0.4, 0.5) is 0 Å². The zero-order chi connectivity index (χ0) is 12.0. The molecule has 90 valence electrons. The Balaban J connectivity index is 2.25. The molecule has 0 fully saturated rings. The van der Waals surface area contributed by atoms with E-state index in [2.05, 4.69) is 26.0 Å². The number of hydrogen-bond donors (Lipinski definition) is 1. The van der Waals surface area contributed by atoms with Crippen LogP contribution in [0, 0.1) is 11.8 Å². The third-order valence-corrected chi connectivity index (χ3v) is 3.15. The standard InChI is InChI=1S/C14H22O2/c1-11(12(2)13(3)15)9-16-10-14-7-5-4-6-8-14/h4-8,11-13,15H,9-10H2,1-3H3. The highest BCUT2D eigenvalue weighted by molar-refractivity contribution is 5.13. The van der Waals surface area contributed by atoms with Crippen LogP contribution in [0.15, 0.2) is 30.3 Å². The average Bonchev–Trinajstić information content (AvgIpc) is 2.29. The highest BCUT2D eigenvalue weighted by Crippen LogP contribution is 2.16. The number of hydrogen-bond acceptors (Lipinski definition) is 2. The first kappa shape index (κ1) is 13.2. The van der Waals surface area contributed by atoms with Gasteiger partial charge in [0.15, 0.2) is 0 Å². The van der Waals surface area contributed by atoms with E-state index in [9.17, 15) is 5.11 Å². The summed E-state index contributed by atoms with van der Waals surface area (Å²) in [5.74, 6) is 0.652. The molecular formula is C14H22O2. The van der Waals surface area contributed by atoms with E-state index in [0.717, 1.165) is 0 Å². The van der Waals surface area contributed by atoms with Gasteiger partial charge in [-0.05, 0) is 24.3 Å². The normalized spacial score (nSPS) is 16.8. The summed E-state index contributed by atoms with van der Waals surface area (Å²) in [6, 6.07) is 10.1. The molecule has 0 aliphatic rings. The lowest BCUT2D eigenvalue weighted by atomic mass is 9.92. The number of aliphatic hydroxyl groups is 1. The van der Waals surface area contributed by atoms with Crippen molar-refractivity contribution in [1.82, 2.24) is 0 Å². The van der Waals surface area contributed by atoms with E-state index in [-0.39, 0.29) is 12.0 Å². The average molecular weight is 222 g/mol. The molecule has 0 aliphatic carbocycles. The van der Waals surface area contributed by atoms with Crippen molar-refractivity contribution in [3.63, 3.8) is 0 Å². The highest BCUT2D eigenvalue weighted by Gasteiger charge is 2.16. The second kappa shape index (κ2) is 6.66. The number of benzene rings is 1. The molecule has 0 heterocycles. The summed E-state index contributed by atoms with van der Waals surface area (Å²) in [6.07, 6.45) is -0.268. The Labute approximate surface area is 98.3 Å². The van der Waals surface area contributed by atoms with Crippen LogP contribution >= 0.6 is 0 Å². The van der Waals surface area contributed by atoms with Crippen LogP contribution in [-0.2, 0) is 11.3 Å². The lowest BCUT2D eigenvalue weighted by Gasteiger charge is -2.22. The minimum atomic E-state index is -0.268. The van der Waals surface area contributed by atoms with Gasteiger partial charge in [0.1, 0.15) is 0 Å². The van der Waals surface area contributed by atoms with Crippen LogP contribution in [0.3, 0.4) is 0 Å². The Morgan fingerprint density at radius 2 is 1.75 bits per heavy atom. The summed E-state index contributed by atoms with van der Waals surface area (Å²) in [7, 11) is 0. The first-order valence-electron chi connectivity index (χ1n) is 5.91. The molecule has 0 saturated carbocycles. The molecule has 1 aromatic rings. The van der Waals surface area contributed by atoms with E-state index in [1.807, 2.05) is 25.1 Å². The summed E-state index contributed by atoms with van der Waals surface area (Å²) < 4.78 is 5.64. The number of aliphatic hydroxyl groups excluding tert-OH is 1. The molecule has 0 radical (unpaired) electrons.